The third-order valence-electron chi connectivity index (χ3n) is 2.46. The molecule has 0 aliphatic heterocycles. The third kappa shape index (κ3) is 4.21. The number of hydrogen-bond donors (Lipinski definition) is 2. The number of hydrogen-bond acceptors (Lipinski definition) is 2. The highest BCUT2D eigenvalue weighted by Gasteiger charge is 2.17. The van der Waals surface area contributed by atoms with Gasteiger partial charge in [0, 0.05) is 5.69 Å². The van der Waals surface area contributed by atoms with E-state index in [0.29, 0.717) is 0 Å². The van der Waals surface area contributed by atoms with Crippen LogP contribution in [0.4, 0.5) is 5.69 Å². The Morgan fingerprint density at radius 2 is 2.00 bits per heavy atom. The summed E-state index contributed by atoms with van der Waals surface area (Å²) in [5, 5.41) is 2.81. The lowest BCUT2D eigenvalue weighted by atomic mass is 10.0. The van der Waals surface area contributed by atoms with Crippen LogP contribution < -0.4 is 11.1 Å². The van der Waals surface area contributed by atoms with Gasteiger partial charge in [-0.15, -0.1) is 12.4 Å². The fraction of sp³-hybridized carbons (Fsp3) is 0.308. The van der Waals surface area contributed by atoms with E-state index in [1.54, 1.807) is 6.08 Å². The quantitative estimate of drug-likeness (QED) is 0.868. The van der Waals surface area contributed by atoms with E-state index in [9.17, 15) is 4.79 Å². The molecule has 0 aromatic heterocycles. The van der Waals surface area contributed by atoms with Crippen molar-refractivity contribution in [1.29, 1.82) is 0 Å². The van der Waals surface area contributed by atoms with Gasteiger partial charge in [0.25, 0.3) is 0 Å². The normalized spacial score (nSPS) is 11.5. The summed E-state index contributed by atoms with van der Waals surface area (Å²) in [4.78, 5) is 11.8. The van der Waals surface area contributed by atoms with E-state index in [1.807, 2.05) is 38.1 Å². The lowest BCUT2D eigenvalue weighted by molar-refractivity contribution is -0.118. The second kappa shape index (κ2) is 7.09. The number of halogens is 1. The molecule has 0 bridgehead atoms. The van der Waals surface area contributed by atoms with Gasteiger partial charge in [0.1, 0.15) is 0 Å². The molecule has 94 valence electrons. The first-order chi connectivity index (χ1) is 7.56. The highest BCUT2D eigenvalue weighted by Crippen LogP contribution is 2.16. The summed E-state index contributed by atoms with van der Waals surface area (Å²) in [5.41, 5.74) is 7.41. The van der Waals surface area contributed by atoms with Crippen molar-refractivity contribution < 1.29 is 4.79 Å². The fourth-order valence-corrected chi connectivity index (χ4v) is 1.31. The molecule has 0 saturated heterocycles. The molecule has 0 heterocycles. The van der Waals surface area contributed by atoms with Gasteiger partial charge in [0.2, 0.25) is 5.91 Å². The van der Waals surface area contributed by atoms with Crippen molar-refractivity contribution in [1.82, 2.24) is 0 Å². The monoisotopic (exact) mass is 254 g/mol. The predicted octanol–water partition coefficient (Wildman–Crippen LogP) is 2.67. The first-order valence-electron chi connectivity index (χ1n) is 5.34. The van der Waals surface area contributed by atoms with Crippen molar-refractivity contribution in [2.24, 2.45) is 11.7 Å². The highest BCUT2D eigenvalue weighted by molar-refractivity contribution is 5.96. The number of amides is 1. The van der Waals surface area contributed by atoms with Gasteiger partial charge < -0.3 is 11.1 Å². The molecule has 1 rings (SSSR count). The van der Waals surface area contributed by atoms with Gasteiger partial charge in [-0.25, -0.2) is 0 Å². The molecule has 17 heavy (non-hydrogen) atoms. The van der Waals surface area contributed by atoms with Gasteiger partial charge in [0.05, 0.1) is 6.04 Å². The fourth-order valence-electron chi connectivity index (χ4n) is 1.31. The maximum atomic E-state index is 11.8. The minimum atomic E-state index is -0.488. The van der Waals surface area contributed by atoms with Crippen molar-refractivity contribution in [3.05, 3.63) is 36.4 Å². The summed E-state index contributed by atoms with van der Waals surface area (Å²) in [7, 11) is 0. The Hall–Kier alpha value is -1.32. The Labute approximate surface area is 109 Å². The molecule has 1 unspecified atom stereocenters. The second-order valence-electron chi connectivity index (χ2n) is 4.05. The molecular weight excluding hydrogens is 236 g/mol. The van der Waals surface area contributed by atoms with Crippen LogP contribution in [0.25, 0.3) is 6.08 Å². The number of rotatable bonds is 4. The van der Waals surface area contributed by atoms with Gasteiger partial charge >= 0.3 is 0 Å². The van der Waals surface area contributed by atoms with Crippen molar-refractivity contribution >= 4 is 30.1 Å². The molecule has 0 spiro atoms. The summed E-state index contributed by atoms with van der Waals surface area (Å²) in [6.07, 6.45) is 1.70. The number of anilines is 1. The van der Waals surface area contributed by atoms with E-state index >= 15 is 0 Å². The van der Waals surface area contributed by atoms with Crippen LogP contribution in [-0.4, -0.2) is 11.9 Å². The number of carbonyl (C=O) groups is 1. The number of nitrogens with two attached hydrogens (primary N) is 1. The molecule has 3 N–H and O–H groups in total. The molecule has 1 atom stereocenters. The van der Waals surface area contributed by atoms with Crippen LogP contribution in [0, 0.1) is 5.92 Å². The van der Waals surface area contributed by atoms with Gasteiger partial charge in [-0.05, 0) is 17.5 Å². The average Bonchev–Trinajstić information content (AvgIpc) is 2.28. The molecule has 4 heteroatoms. The molecule has 1 aromatic carbocycles. The minimum absolute atomic E-state index is 0. The number of para-hydroxylation sites is 1. The zero-order chi connectivity index (χ0) is 12.1. The Kier molecular flexibility index (Phi) is 6.54. The van der Waals surface area contributed by atoms with E-state index in [1.165, 1.54) is 0 Å². The van der Waals surface area contributed by atoms with Crippen LogP contribution >= 0.6 is 12.4 Å². The smallest absolute Gasteiger partial charge is 0.241 e. The zero-order valence-corrected chi connectivity index (χ0v) is 11.0. The van der Waals surface area contributed by atoms with Gasteiger partial charge in [-0.1, -0.05) is 44.7 Å². The van der Waals surface area contributed by atoms with Crippen molar-refractivity contribution in [3.8, 4) is 0 Å². The Morgan fingerprint density at radius 3 is 2.53 bits per heavy atom. The van der Waals surface area contributed by atoms with E-state index in [4.69, 9.17) is 5.73 Å². The average molecular weight is 255 g/mol. The van der Waals surface area contributed by atoms with Gasteiger partial charge in [0.15, 0.2) is 0 Å². The highest BCUT2D eigenvalue weighted by atomic mass is 35.5. The molecular formula is C13H19ClN2O. The molecule has 0 saturated carbocycles. The third-order valence-corrected chi connectivity index (χ3v) is 2.46. The molecule has 3 nitrogen and oxygen atoms in total. The molecule has 1 amide bonds. The van der Waals surface area contributed by atoms with E-state index in [-0.39, 0.29) is 24.2 Å². The van der Waals surface area contributed by atoms with Gasteiger partial charge in [-0.3, -0.25) is 4.79 Å². The molecule has 0 aliphatic rings. The van der Waals surface area contributed by atoms with Crippen molar-refractivity contribution in [2.45, 2.75) is 19.9 Å². The maximum absolute atomic E-state index is 11.8. The van der Waals surface area contributed by atoms with Crippen LogP contribution in [0.3, 0.4) is 0 Å². The largest absolute Gasteiger partial charge is 0.324 e. The van der Waals surface area contributed by atoms with Crippen molar-refractivity contribution in [2.75, 3.05) is 5.32 Å². The van der Waals surface area contributed by atoms with E-state index in [2.05, 4.69) is 11.9 Å². The predicted molar refractivity (Wildman–Crippen MR) is 75.2 cm³/mol. The van der Waals surface area contributed by atoms with Crippen LogP contribution in [-0.2, 0) is 4.79 Å². The zero-order valence-electron chi connectivity index (χ0n) is 10.1. The Morgan fingerprint density at radius 1 is 1.41 bits per heavy atom. The molecule has 0 fully saturated rings. The maximum Gasteiger partial charge on any atom is 0.241 e. The number of benzene rings is 1. The first kappa shape index (κ1) is 15.7. The van der Waals surface area contributed by atoms with Crippen LogP contribution in [0.15, 0.2) is 30.8 Å². The number of nitrogens with one attached hydrogen (secondary N) is 1. The summed E-state index contributed by atoms with van der Waals surface area (Å²) < 4.78 is 0. The summed E-state index contributed by atoms with van der Waals surface area (Å²) in [5.74, 6) is -0.0415. The Bertz CT molecular complexity index is 391. The van der Waals surface area contributed by atoms with Gasteiger partial charge in [-0.2, -0.15) is 0 Å². The van der Waals surface area contributed by atoms with Crippen LogP contribution in [0.5, 0.6) is 0 Å². The summed E-state index contributed by atoms with van der Waals surface area (Å²) in [6.45, 7) is 7.54. The SMILES string of the molecule is C=Cc1ccccc1NC(=O)C(N)C(C)C.Cl. The molecule has 0 radical (unpaired) electrons. The second-order valence-corrected chi connectivity index (χ2v) is 4.05. The summed E-state index contributed by atoms with van der Waals surface area (Å²) in [6, 6.07) is 7.00. The standard InChI is InChI=1S/C13H18N2O.ClH/c1-4-10-7-5-6-8-11(10)15-13(16)12(14)9(2)3;/h4-9,12H,1,14H2,2-3H3,(H,15,16);1H. The van der Waals surface area contributed by atoms with Crippen LogP contribution in [0.1, 0.15) is 19.4 Å². The van der Waals surface area contributed by atoms with E-state index < -0.39 is 6.04 Å². The number of carbonyl (C=O) groups excluding carboxylic acids is 1. The molecule has 1 aromatic rings. The van der Waals surface area contributed by atoms with E-state index in [0.717, 1.165) is 11.3 Å². The lowest BCUT2D eigenvalue weighted by Crippen LogP contribution is -2.39. The summed E-state index contributed by atoms with van der Waals surface area (Å²) >= 11 is 0. The first-order valence-corrected chi connectivity index (χ1v) is 5.34. The lowest BCUT2D eigenvalue weighted by Gasteiger charge is -2.16. The Balaban J connectivity index is 0.00000256. The molecule has 0 aliphatic carbocycles. The van der Waals surface area contributed by atoms with Crippen molar-refractivity contribution in [3.63, 3.8) is 0 Å². The van der Waals surface area contributed by atoms with Crippen LogP contribution in [0.2, 0.25) is 0 Å². The minimum Gasteiger partial charge on any atom is -0.324 e. The topological polar surface area (TPSA) is 55.1 Å².